The second-order valence-corrected chi connectivity index (χ2v) is 9.28. The summed E-state index contributed by atoms with van der Waals surface area (Å²) in [6.07, 6.45) is -3.86. The van der Waals surface area contributed by atoms with E-state index >= 15 is 0 Å². The molecule has 0 spiro atoms. The van der Waals surface area contributed by atoms with Gasteiger partial charge in [-0.25, -0.2) is 9.07 Å². The van der Waals surface area contributed by atoms with Crippen LogP contribution in [0.5, 0.6) is 0 Å². The summed E-state index contributed by atoms with van der Waals surface area (Å²) in [6.45, 7) is 1.67. The van der Waals surface area contributed by atoms with Gasteiger partial charge in [-0.1, -0.05) is 51.8 Å². The molecule has 0 saturated heterocycles. The highest BCUT2D eigenvalue weighted by Gasteiger charge is 2.41. The Balaban J connectivity index is 1.81. The molecule has 0 N–H and O–H groups in total. The third-order valence-electron chi connectivity index (χ3n) is 4.97. The predicted octanol–water partition coefficient (Wildman–Crippen LogP) is 7.49. The van der Waals surface area contributed by atoms with Crippen LogP contribution in [0.25, 0.3) is 38.8 Å². The molecule has 0 aliphatic heterocycles. The van der Waals surface area contributed by atoms with Crippen molar-refractivity contribution in [3.63, 3.8) is 0 Å². The van der Waals surface area contributed by atoms with Gasteiger partial charge in [-0.2, -0.15) is 18.3 Å². The van der Waals surface area contributed by atoms with Gasteiger partial charge in [-0.15, -0.1) is 10.2 Å². The van der Waals surface area contributed by atoms with Crippen LogP contribution in [0.3, 0.4) is 0 Å². The maximum atomic E-state index is 14.8. The van der Waals surface area contributed by atoms with E-state index in [0.717, 1.165) is 23.6 Å². The fourth-order valence-corrected chi connectivity index (χ4v) is 4.73. The number of benzene rings is 2. The van der Waals surface area contributed by atoms with Crippen molar-refractivity contribution in [1.82, 2.24) is 25.1 Å². The van der Waals surface area contributed by atoms with Crippen molar-refractivity contribution in [2.45, 2.75) is 13.1 Å². The molecule has 0 aliphatic rings. The van der Waals surface area contributed by atoms with Crippen LogP contribution in [-0.4, -0.2) is 25.1 Å². The Labute approximate surface area is 208 Å². The number of hydrogen-bond acceptors (Lipinski definition) is 6. The van der Waals surface area contributed by atoms with Crippen molar-refractivity contribution in [3.05, 3.63) is 75.2 Å². The van der Waals surface area contributed by atoms with Gasteiger partial charge in [0.15, 0.2) is 16.5 Å². The fraction of sp³-hybridized carbons (Fsp3) is 0.0909. The molecule has 3 heterocycles. The maximum Gasteiger partial charge on any atom is 0.434 e. The van der Waals surface area contributed by atoms with E-state index in [-0.39, 0.29) is 43.3 Å². The first kappa shape index (κ1) is 23.5. The minimum Gasteiger partial charge on any atom is -0.355 e. The van der Waals surface area contributed by atoms with Crippen LogP contribution >= 0.6 is 34.5 Å². The van der Waals surface area contributed by atoms with Crippen LogP contribution in [0.15, 0.2) is 53.2 Å². The largest absolute Gasteiger partial charge is 0.434 e. The number of hydrogen-bond donors (Lipinski definition) is 0. The van der Waals surface area contributed by atoms with E-state index in [9.17, 15) is 17.6 Å². The van der Waals surface area contributed by atoms with Crippen LogP contribution in [0.2, 0.25) is 10.0 Å². The van der Waals surface area contributed by atoms with Crippen molar-refractivity contribution < 1.29 is 22.1 Å². The van der Waals surface area contributed by atoms with Crippen LogP contribution in [0.4, 0.5) is 17.6 Å². The van der Waals surface area contributed by atoms with Gasteiger partial charge in [0.05, 0.1) is 33.6 Å². The van der Waals surface area contributed by atoms with Gasteiger partial charge in [-0.3, -0.25) is 0 Å². The van der Waals surface area contributed by atoms with Crippen LogP contribution in [-0.2, 0) is 6.18 Å². The van der Waals surface area contributed by atoms with Gasteiger partial charge in [0.1, 0.15) is 16.5 Å². The van der Waals surface area contributed by atoms with E-state index in [1.807, 2.05) is 0 Å². The zero-order valence-electron chi connectivity index (χ0n) is 17.4. The third-order valence-corrected chi connectivity index (χ3v) is 6.37. The van der Waals surface area contributed by atoms with Crippen molar-refractivity contribution in [2.24, 2.45) is 0 Å². The summed E-state index contributed by atoms with van der Waals surface area (Å²) in [4.78, 5) is 0. The van der Waals surface area contributed by atoms with Gasteiger partial charge in [0.2, 0.25) is 0 Å². The zero-order valence-corrected chi connectivity index (χ0v) is 19.8. The van der Waals surface area contributed by atoms with E-state index in [1.54, 1.807) is 6.92 Å². The highest BCUT2D eigenvalue weighted by molar-refractivity contribution is 7.14. The lowest BCUT2D eigenvalue weighted by atomic mass is 10.0. The van der Waals surface area contributed by atoms with Gasteiger partial charge < -0.3 is 4.52 Å². The molecular formula is C22H11Cl2F4N5OS. The number of aromatic nitrogens is 5. The lowest BCUT2D eigenvalue weighted by Crippen LogP contribution is -2.14. The summed E-state index contributed by atoms with van der Waals surface area (Å²) in [6, 6.07) is 9.78. The minimum atomic E-state index is -4.86. The third kappa shape index (κ3) is 4.19. The zero-order chi connectivity index (χ0) is 24.9. The minimum absolute atomic E-state index is 0.00185. The van der Waals surface area contributed by atoms with Gasteiger partial charge in [0, 0.05) is 5.02 Å². The lowest BCUT2D eigenvalue weighted by molar-refractivity contribution is -0.142. The molecule has 0 bridgehead atoms. The van der Waals surface area contributed by atoms with Crippen molar-refractivity contribution in [1.29, 1.82) is 0 Å². The first-order chi connectivity index (χ1) is 16.6. The van der Waals surface area contributed by atoms with Crippen molar-refractivity contribution >= 4 is 34.5 Å². The number of aryl methyl sites for hydroxylation is 1. The van der Waals surface area contributed by atoms with E-state index < -0.39 is 23.3 Å². The molecule has 13 heteroatoms. The molecule has 178 valence electrons. The number of rotatable bonds is 4. The standard InChI is InChI=1S/C22H11Cl2F4N5OS/c1-10-30-31-21(35-10)17-18(16-14(24)6-3-7-15(16)25)32-34-19(17)13-9-29-33(20(13)22(26,27)28)12-5-2-4-11(23)8-12/h2-9H,1H3. The quantitative estimate of drug-likeness (QED) is 0.221. The second kappa shape index (κ2) is 8.74. The molecule has 0 fully saturated rings. The molecule has 2 aromatic carbocycles. The smallest absolute Gasteiger partial charge is 0.355 e. The molecule has 0 radical (unpaired) electrons. The highest BCUT2D eigenvalue weighted by atomic mass is 35.5. The summed E-state index contributed by atoms with van der Waals surface area (Å²) >= 11 is 13.3. The number of halogens is 6. The Morgan fingerprint density at radius 2 is 1.80 bits per heavy atom. The molecule has 0 amide bonds. The maximum absolute atomic E-state index is 14.8. The van der Waals surface area contributed by atoms with E-state index in [4.69, 9.17) is 27.7 Å². The Morgan fingerprint density at radius 1 is 1.03 bits per heavy atom. The molecule has 3 aromatic heterocycles. The molecule has 6 nitrogen and oxygen atoms in total. The predicted molar refractivity (Wildman–Crippen MR) is 123 cm³/mol. The Kier molecular flexibility index (Phi) is 5.86. The fourth-order valence-electron chi connectivity index (χ4n) is 3.56. The Hall–Kier alpha value is -3.28. The summed E-state index contributed by atoms with van der Waals surface area (Å²) in [7, 11) is 0. The molecule has 5 aromatic rings. The average Bonchev–Trinajstić information content (AvgIpc) is 3.50. The van der Waals surface area contributed by atoms with E-state index in [1.165, 1.54) is 36.4 Å². The SMILES string of the molecule is Cc1nnc(-c2c(-c3c(F)cccc3Cl)noc2-c2cnn(-c3cccc(Cl)c3)c2C(F)(F)F)s1. The molecule has 35 heavy (non-hydrogen) atoms. The molecule has 0 aliphatic carbocycles. The molecule has 0 saturated carbocycles. The van der Waals surface area contributed by atoms with Gasteiger partial charge >= 0.3 is 6.18 Å². The van der Waals surface area contributed by atoms with Crippen molar-refractivity contribution in [2.75, 3.05) is 0 Å². The van der Waals surface area contributed by atoms with Gasteiger partial charge in [-0.05, 0) is 37.3 Å². The highest BCUT2D eigenvalue weighted by Crippen LogP contribution is 2.47. The lowest BCUT2D eigenvalue weighted by Gasteiger charge is -2.12. The van der Waals surface area contributed by atoms with Crippen molar-refractivity contribution in [3.8, 4) is 38.8 Å². The molecule has 0 atom stereocenters. The first-order valence-electron chi connectivity index (χ1n) is 9.81. The van der Waals surface area contributed by atoms with Crippen LogP contribution < -0.4 is 0 Å². The Bertz CT molecular complexity index is 1540. The van der Waals surface area contributed by atoms with Gasteiger partial charge in [0.25, 0.3) is 0 Å². The topological polar surface area (TPSA) is 69.6 Å². The molecular weight excluding hydrogens is 529 g/mol. The summed E-state index contributed by atoms with van der Waals surface area (Å²) in [5.74, 6) is -1.04. The first-order valence-corrected chi connectivity index (χ1v) is 11.4. The second-order valence-electron chi connectivity index (χ2n) is 7.25. The van der Waals surface area contributed by atoms with E-state index in [2.05, 4.69) is 20.5 Å². The summed E-state index contributed by atoms with van der Waals surface area (Å²) in [5, 5.41) is 16.8. The average molecular weight is 540 g/mol. The molecule has 5 rings (SSSR count). The number of alkyl halides is 3. The van der Waals surface area contributed by atoms with Crippen LogP contribution in [0.1, 0.15) is 10.7 Å². The van der Waals surface area contributed by atoms with E-state index in [0.29, 0.717) is 9.69 Å². The number of nitrogens with zero attached hydrogens (tertiary/aromatic N) is 5. The summed E-state index contributed by atoms with van der Waals surface area (Å²) in [5.41, 5.74) is -1.71. The van der Waals surface area contributed by atoms with Crippen LogP contribution in [0, 0.1) is 12.7 Å². The summed E-state index contributed by atoms with van der Waals surface area (Å²) < 4.78 is 63.9. The monoisotopic (exact) mass is 539 g/mol. The molecule has 0 unspecified atom stereocenters. The Morgan fingerprint density at radius 3 is 2.46 bits per heavy atom. The normalized spacial score (nSPS) is 11.9.